The van der Waals surface area contributed by atoms with Crippen LogP contribution in [0.3, 0.4) is 0 Å². The van der Waals surface area contributed by atoms with Crippen LogP contribution in [0.4, 0.5) is 0 Å². The maximum absolute atomic E-state index is 12.6. The van der Waals surface area contributed by atoms with Crippen LogP contribution in [0.25, 0.3) is 0 Å². The van der Waals surface area contributed by atoms with Crippen molar-refractivity contribution in [3.05, 3.63) is 35.2 Å². The van der Waals surface area contributed by atoms with E-state index in [1.165, 1.54) is 11.7 Å². The lowest BCUT2D eigenvalue weighted by Crippen LogP contribution is -2.49. The van der Waals surface area contributed by atoms with Crippen LogP contribution in [-0.2, 0) is 17.8 Å². The Balaban J connectivity index is 1.37. The number of carbonyl (C=O) groups is 3. The van der Waals surface area contributed by atoms with E-state index in [2.05, 4.69) is 26.0 Å². The molecule has 1 saturated heterocycles. The van der Waals surface area contributed by atoms with Gasteiger partial charge in [-0.15, -0.1) is 0 Å². The van der Waals surface area contributed by atoms with Crippen molar-refractivity contribution < 1.29 is 28.9 Å². The number of para-hydroxylation sites is 1. The second-order valence-corrected chi connectivity index (χ2v) is 7.90. The Bertz CT molecular complexity index is 1010. The number of nitrogens with one attached hydrogen (secondary N) is 3. The van der Waals surface area contributed by atoms with Crippen molar-refractivity contribution in [3.8, 4) is 5.75 Å². The lowest BCUT2D eigenvalue weighted by molar-refractivity contribution is -0.794. The number of benzene rings is 1. The van der Waals surface area contributed by atoms with Gasteiger partial charge in [0.05, 0.1) is 10.7 Å². The first-order valence-electron chi connectivity index (χ1n) is 10.2. The van der Waals surface area contributed by atoms with Crippen molar-refractivity contribution in [1.29, 1.82) is 0 Å². The van der Waals surface area contributed by atoms with Gasteiger partial charge >= 0.3 is 12.9 Å². The molecule has 2 aliphatic rings. The molecule has 12 heteroatoms. The number of Topliss-reactive ketones (excluding diaryl/α,β-unsaturated/α-hetero) is 2. The number of nitrogens with zero attached hydrogens (tertiary/aromatic N) is 3. The summed E-state index contributed by atoms with van der Waals surface area (Å²) >= 11 is 0. The minimum absolute atomic E-state index is 0.0390. The number of amides is 1. The third kappa shape index (κ3) is 4.80. The smallest absolute Gasteiger partial charge is 0.526 e. The molecule has 0 saturated carbocycles. The van der Waals surface area contributed by atoms with Gasteiger partial charge < -0.3 is 20.3 Å². The summed E-state index contributed by atoms with van der Waals surface area (Å²) in [5.41, 5.74) is 1.17. The van der Waals surface area contributed by atoms with E-state index in [1.807, 2.05) is 6.07 Å². The van der Waals surface area contributed by atoms with Gasteiger partial charge in [-0.25, -0.2) is 0 Å². The van der Waals surface area contributed by atoms with Gasteiger partial charge in [0.2, 0.25) is 12.3 Å². The van der Waals surface area contributed by atoms with Gasteiger partial charge in [0.25, 0.3) is 5.91 Å². The number of hydrogen-bond acceptors (Lipinski definition) is 8. The summed E-state index contributed by atoms with van der Waals surface area (Å²) in [6.45, 7) is 2.97. The first-order chi connectivity index (χ1) is 14.9. The van der Waals surface area contributed by atoms with E-state index in [9.17, 15) is 19.4 Å². The van der Waals surface area contributed by atoms with E-state index >= 15 is 0 Å². The molecule has 1 aromatic heterocycles. The molecule has 2 aromatic rings. The maximum Gasteiger partial charge on any atom is 0.526 e. The van der Waals surface area contributed by atoms with Crippen LogP contribution in [0.1, 0.15) is 46.3 Å². The van der Waals surface area contributed by atoms with Crippen LogP contribution < -0.4 is 20.1 Å². The molecule has 1 amide bonds. The van der Waals surface area contributed by atoms with Gasteiger partial charge in [0, 0.05) is 24.8 Å². The van der Waals surface area contributed by atoms with Crippen LogP contribution in [0.5, 0.6) is 5.75 Å². The lowest BCUT2D eigenvalue weighted by atomic mass is 9.64. The zero-order valence-electron chi connectivity index (χ0n) is 17.1. The molecule has 2 aliphatic heterocycles. The monoisotopic (exact) mass is 427 g/mol. The topological polar surface area (TPSA) is 150 Å². The molecule has 2 atom stereocenters. The molecule has 1 fully saturated rings. The fourth-order valence-electron chi connectivity index (χ4n) is 3.90. The zero-order valence-corrected chi connectivity index (χ0v) is 17.1. The number of carbonyl (C=O) groups excluding carboxylic acids is 3. The lowest BCUT2D eigenvalue weighted by Gasteiger charge is -2.27. The Kier molecular flexibility index (Phi) is 6.09. The number of aromatic nitrogens is 4. The maximum atomic E-state index is 12.6. The predicted molar refractivity (Wildman–Crippen MR) is 107 cm³/mol. The highest BCUT2D eigenvalue weighted by atomic mass is 16.5. The van der Waals surface area contributed by atoms with Crippen LogP contribution in [0, 0.1) is 0 Å². The molecule has 3 heterocycles. The Morgan fingerprint density at radius 2 is 2.23 bits per heavy atom. The van der Waals surface area contributed by atoms with Crippen LogP contribution in [-0.4, -0.2) is 64.2 Å². The summed E-state index contributed by atoms with van der Waals surface area (Å²) < 4.78 is 5.57. The Morgan fingerprint density at radius 1 is 1.39 bits per heavy atom. The molecule has 0 radical (unpaired) electrons. The minimum atomic E-state index is -1.23. The minimum Gasteiger partial charge on any atom is -0.535 e. The number of tetrazole rings is 1. The fourth-order valence-corrected chi connectivity index (χ4v) is 3.90. The molecule has 31 heavy (non-hydrogen) atoms. The molecular weight excluding hydrogens is 403 g/mol. The van der Waals surface area contributed by atoms with Gasteiger partial charge in [-0.2, -0.15) is 0 Å². The number of hydrogen-bond donors (Lipinski definition) is 4. The fraction of sp³-hybridized carbons (Fsp3) is 0.474. The standard InChI is InChI=1S/C19H23BN6O5/c1-11(27)15-4-2-3-12-7-13(20(30)31-18(12)15)8-16(28)19-23-25-26(24-19)10-17(29)22-14-5-6-21-9-14/h2-4,13-14,21,30H,5-10H2,1H3,(H,22,29)/p+1/t13-,14+/m1/s1. The first-order valence-corrected chi connectivity index (χ1v) is 10.2. The van der Waals surface area contributed by atoms with E-state index in [0.717, 1.165) is 25.1 Å². The highest BCUT2D eigenvalue weighted by molar-refractivity contribution is 6.47. The van der Waals surface area contributed by atoms with E-state index in [4.69, 9.17) is 4.65 Å². The molecule has 0 unspecified atom stereocenters. The zero-order chi connectivity index (χ0) is 22.0. The average Bonchev–Trinajstić information content (AvgIpc) is 3.40. The van der Waals surface area contributed by atoms with Gasteiger partial charge in [0.15, 0.2) is 5.78 Å². The van der Waals surface area contributed by atoms with E-state index in [-0.39, 0.29) is 42.3 Å². The predicted octanol–water partition coefficient (Wildman–Crippen LogP) is -1.17. The average molecular weight is 427 g/mol. The number of aromatic amines is 1. The SMILES string of the molecule is CC(=O)c1cccc2c1OB(O)[C@@H](CC(=O)c1n[nH][n+](CC(=O)N[C@H]3CCNC3)n1)C2. The number of H-pyrrole nitrogens is 1. The third-order valence-corrected chi connectivity index (χ3v) is 5.50. The second-order valence-electron chi connectivity index (χ2n) is 7.90. The molecule has 162 valence electrons. The Labute approximate surface area is 178 Å². The van der Waals surface area contributed by atoms with Crippen molar-refractivity contribution >= 4 is 24.6 Å². The van der Waals surface area contributed by atoms with E-state index in [1.54, 1.807) is 12.1 Å². The summed E-state index contributed by atoms with van der Waals surface area (Å²) in [6, 6.07) is 5.30. The molecule has 4 rings (SSSR count). The van der Waals surface area contributed by atoms with Crippen molar-refractivity contribution in [3.63, 3.8) is 0 Å². The van der Waals surface area contributed by atoms with Gasteiger partial charge in [-0.1, -0.05) is 16.9 Å². The summed E-state index contributed by atoms with van der Waals surface area (Å²) in [6.07, 6.45) is 1.22. The van der Waals surface area contributed by atoms with Crippen molar-refractivity contribution in [2.75, 3.05) is 13.1 Å². The van der Waals surface area contributed by atoms with E-state index in [0.29, 0.717) is 17.7 Å². The highest BCUT2D eigenvalue weighted by Gasteiger charge is 2.39. The molecule has 0 bridgehead atoms. The van der Waals surface area contributed by atoms with Crippen molar-refractivity contribution in [1.82, 2.24) is 26.0 Å². The van der Waals surface area contributed by atoms with Crippen molar-refractivity contribution in [2.24, 2.45) is 0 Å². The summed E-state index contributed by atoms with van der Waals surface area (Å²) in [4.78, 5) is 37.7. The summed E-state index contributed by atoms with van der Waals surface area (Å²) in [5.74, 6) is -0.960. The van der Waals surface area contributed by atoms with Crippen LogP contribution in [0.15, 0.2) is 18.2 Å². The molecule has 0 spiro atoms. The normalized spacial score (nSPS) is 20.1. The molecule has 11 nitrogen and oxygen atoms in total. The van der Waals surface area contributed by atoms with Gasteiger partial charge in [-0.3, -0.25) is 14.4 Å². The Morgan fingerprint density at radius 3 is 2.97 bits per heavy atom. The van der Waals surface area contributed by atoms with Crippen molar-refractivity contribution in [2.45, 2.75) is 44.6 Å². The summed E-state index contributed by atoms with van der Waals surface area (Å²) in [7, 11) is -1.23. The molecule has 4 N–H and O–H groups in total. The second kappa shape index (κ2) is 8.94. The number of ketones is 2. The number of rotatable bonds is 7. The molecule has 0 aliphatic carbocycles. The number of fused-ring (bicyclic) bond motifs is 1. The van der Waals surface area contributed by atoms with Crippen LogP contribution in [0.2, 0.25) is 5.82 Å². The van der Waals surface area contributed by atoms with Gasteiger partial charge in [-0.05, 0) is 48.3 Å². The molecule has 1 aromatic carbocycles. The quantitative estimate of drug-likeness (QED) is 0.245. The summed E-state index contributed by atoms with van der Waals surface area (Å²) in [5, 5.41) is 26.9. The third-order valence-electron chi connectivity index (χ3n) is 5.50. The molecular formula is C19H24BN6O5+. The van der Waals surface area contributed by atoms with Gasteiger partial charge in [0.1, 0.15) is 5.75 Å². The van der Waals surface area contributed by atoms with E-state index < -0.39 is 12.9 Å². The van der Waals surface area contributed by atoms with Crippen LogP contribution >= 0.6 is 0 Å². The Hall–Kier alpha value is -3.12. The largest absolute Gasteiger partial charge is 0.535 e. The first kappa shape index (κ1) is 21.1. The highest BCUT2D eigenvalue weighted by Crippen LogP contribution is 2.36.